The Balaban J connectivity index is 2.81. The molecule has 0 aliphatic heterocycles. The molecule has 0 aliphatic rings. The van der Waals surface area contributed by atoms with Crippen LogP contribution in [0.1, 0.15) is 16.7 Å². The van der Waals surface area contributed by atoms with Crippen LogP contribution in [-0.4, -0.2) is 8.76 Å². The average Bonchev–Trinajstić information content (AvgIpc) is 2.03. The lowest BCUT2D eigenvalue weighted by Gasteiger charge is -2.10. The molecule has 72 valence electrons. The summed E-state index contributed by atoms with van der Waals surface area (Å²) in [5.74, 6) is 0. The summed E-state index contributed by atoms with van der Waals surface area (Å²) in [6, 6.07) is 5.79. The number of benzene rings is 1. The molecule has 0 radical (unpaired) electrons. The van der Waals surface area contributed by atoms with E-state index in [0.717, 1.165) is 16.7 Å². The Morgan fingerprint density at radius 2 is 1.92 bits per heavy atom. The zero-order chi connectivity index (χ0) is 9.84. The second-order valence-corrected chi connectivity index (χ2v) is 3.48. The van der Waals surface area contributed by atoms with Crippen LogP contribution in [0.4, 0.5) is 0 Å². The van der Waals surface area contributed by atoms with E-state index < -0.39 is 11.4 Å². The summed E-state index contributed by atoms with van der Waals surface area (Å²) in [5.41, 5.74) is 3.03. The number of rotatable bonds is 3. The first-order chi connectivity index (χ1) is 6.11. The molecule has 0 bridgehead atoms. The Hall–Kier alpha value is -0.710. The molecule has 0 heterocycles. The number of hydrogen-bond donors (Lipinski definition) is 0. The molecule has 1 aromatic rings. The third-order valence-corrected chi connectivity index (χ3v) is 2.25. The summed E-state index contributed by atoms with van der Waals surface area (Å²) in [5, 5.41) is 0. The Bertz CT molecular complexity index is 302. The predicted octanol–water partition coefficient (Wildman–Crippen LogP) is 1.61. The van der Waals surface area contributed by atoms with E-state index in [-0.39, 0.29) is 6.61 Å². The van der Waals surface area contributed by atoms with E-state index in [0.29, 0.717) is 0 Å². The van der Waals surface area contributed by atoms with Crippen molar-refractivity contribution in [2.24, 2.45) is 0 Å². The van der Waals surface area contributed by atoms with Gasteiger partial charge in [-0.05, 0) is 30.5 Å². The lowest BCUT2D eigenvalue weighted by molar-refractivity contribution is 0.290. The van der Waals surface area contributed by atoms with Crippen molar-refractivity contribution in [1.82, 2.24) is 0 Å². The van der Waals surface area contributed by atoms with Gasteiger partial charge in [-0.3, -0.25) is 4.18 Å². The second kappa shape index (κ2) is 4.50. The average molecular weight is 199 g/mol. The first kappa shape index (κ1) is 10.4. The quantitative estimate of drug-likeness (QED) is 0.695. The molecule has 1 atom stereocenters. The molecule has 0 fully saturated rings. The molecule has 1 rings (SSSR count). The van der Waals surface area contributed by atoms with Crippen molar-refractivity contribution in [2.45, 2.75) is 20.5 Å². The molecule has 1 aromatic carbocycles. The molecular formula is C9H11O3S-. The molecule has 0 saturated carbocycles. The minimum Gasteiger partial charge on any atom is -0.750 e. The Morgan fingerprint density at radius 1 is 1.38 bits per heavy atom. The smallest absolute Gasteiger partial charge is 0.0884 e. The van der Waals surface area contributed by atoms with Gasteiger partial charge in [-0.15, -0.1) is 0 Å². The highest BCUT2D eigenvalue weighted by Crippen LogP contribution is 2.14. The zero-order valence-electron chi connectivity index (χ0n) is 7.57. The maximum Gasteiger partial charge on any atom is 0.0884 e. The highest BCUT2D eigenvalue weighted by molar-refractivity contribution is 7.74. The van der Waals surface area contributed by atoms with Gasteiger partial charge in [0.15, 0.2) is 0 Å². The Kier molecular flexibility index (Phi) is 3.59. The topological polar surface area (TPSA) is 49.4 Å². The van der Waals surface area contributed by atoms with Crippen LogP contribution in [0.5, 0.6) is 0 Å². The number of aryl methyl sites for hydroxylation is 2. The van der Waals surface area contributed by atoms with E-state index in [4.69, 9.17) is 0 Å². The van der Waals surface area contributed by atoms with Gasteiger partial charge >= 0.3 is 0 Å². The summed E-state index contributed by atoms with van der Waals surface area (Å²) in [6.07, 6.45) is 0. The summed E-state index contributed by atoms with van der Waals surface area (Å²) < 4.78 is 24.9. The van der Waals surface area contributed by atoms with Gasteiger partial charge in [0.05, 0.1) is 18.0 Å². The normalized spacial score (nSPS) is 12.8. The number of hydrogen-bond acceptors (Lipinski definition) is 3. The lowest BCUT2D eigenvalue weighted by atomic mass is 10.0. The van der Waals surface area contributed by atoms with Gasteiger partial charge in [0, 0.05) is 0 Å². The van der Waals surface area contributed by atoms with Crippen LogP contribution in [0.25, 0.3) is 0 Å². The zero-order valence-corrected chi connectivity index (χ0v) is 8.39. The maximum atomic E-state index is 10.2. The van der Waals surface area contributed by atoms with E-state index in [1.165, 1.54) is 0 Å². The van der Waals surface area contributed by atoms with Crippen LogP contribution in [0.2, 0.25) is 0 Å². The van der Waals surface area contributed by atoms with Crippen LogP contribution >= 0.6 is 0 Å². The highest BCUT2D eigenvalue weighted by atomic mass is 32.2. The van der Waals surface area contributed by atoms with Crippen molar-refractivity contribution in [3.63, 3.8) is 0 Å². The minimum absolute atomic E-state index is 0.120. The fourth-order valence-electron chi connectivity index (χ4n) is 1.18. The predicted molar refractivity (Wildman–Crippen MR) is 49.6 cm³/mol. The third-order valence-electron chi connectivity index (χ3n) is 1.94. The molecule has 0 spiro atoms. The summed E-state index contributed by atoms with van der Waals surface area (Å²) in [6.45, 7) is 3.98. The molecule has 13 heavy (non-hydrogen) atoms. The largest absolute Gasteiger partial charge is 0.750 e. The monoisotopic (exact) mass is 199 g/mol. The van der Waals surface area contributed by atoms with Gasteiger partial charge in [0.25, 0.3) is 0 Å². The molecular weight excluding hydrogens is 188 g/mol. The van der Waals surface area contributed by atoms with Gasteiger partial charge in [0.1, 0.15) is 0 Å². The fraction of sp³-hybridized carbons (Fsp3) is 0.333. The van der Waals surface area contributed by atoms with Gasteiger partial charge in [-0.25, -0.2) is 4.21 Å². The molecule has 0 N–H and O–H groups in total. The van der Waals surface area contributed by atoms with E-state index in [9.17, 15) is 8.76 Å². The Morgan fingerprint density at radius 3 is 2.38 bits per heavy atom. The van der Waals surface area contributed by atoms with Gasteiger partial charge < -0.3 is 4.55 Å². The van der Waals surface area contributed by atoms with Crippen molar-refractivity contribution in [2.75, 3.05) is 0 Å². The first-order valence-electron chi connectivity index (χ1n) is 3.89. The molecule has 0 aliphatic carbocycles. The van der Waals surface area contributed by atoms with E-state index in [2.05, 4.69) is 4.18 Å². The maximum absolute atomic E-state index is 10.2. The van der Waals surface area contributed by atoms with Gasteiger partial charge in [-0.1, -0.05) is 18.2 Å². The van der Waals surface area contributed by atoms with Crippen LogP contribution in [0.15, 0.2) is 18.2 Å². The van der Waals surface area contributed by atoms with Crippen LogP contribution in [0.3, 0.4) is 0 Å². The van der Waals surface area contributed by atoms with E-state index in [1.54, 1.807) is 0 Å². The van der Waals surface area contributed by atoms with Crippen molar-refractivity contribution in [3.8, 4) is 0 Å². The molecule has 3 nitrogen and oxygen atoms in total. The Labute approximate surface area is 80.2 Å². The lowest BCUT2D eigenvalue weighted by Crippen LogP contribution is -2.00. The van der Waals surface area contributed by atoms with Gasteiger partial charge in [-0.2, -0.15) is 0 Å². The van der Waals surface area contributed by atoms with Crippen LogP contribution in [0, 0.1) is 13.8 Å². The molecule has 0 saturated heterocycles. The van der Waals surface area contributed by atoms with Crippen LogP contribution in [-0.2, 0) is 22.2 Å². The standard InChI is InChI=1S/C9H12O3S/c1-7-4-3-5-8(2)9(7)6-12-13(10)11/h3-5H,6H2,1-2H3,(H,10,11)/p-1. The van der Waals surface area contributed by atoms with Crippen molar-refractivity contribution in [1.29, 1.82) is 0 Å². The van der Waals surface area contributed by atoms with E-state index in [1.807, 2.05) is 32.0 Å². The van der Waals surface area contributed by atoms with Crippen molar-refractivity contribution in [3.05, 3.63) is 34.9 Å². The SMILES string of the molecule is Cc1cccc(C)c1COS(=O)[O-]. The summed E-state index contributed by atoms with van der Waals surface area (Å²) >= 11 is -2.43. The van der Waals surface area contributed by atoms with Gasteiger partial charge in [0.2, 0.25) is 0 Å². The second-order valence-electron chi connectivity index (χ2n) is 2.84. The van der Waals surface area contributed by atoms with Crippen LogP contribution < -0.4 is 0 Å². The highest BCUT2D eigenvalue weighted by Gasteiger charge is 2.01. The molecule has 4 heteroatoms. The van der Waals surface area contributed by atoms with E-state index >= 15 is 0 Å². The third kappa shape index (κ3) is 2.91. The first-order valence-corrected chi connectivity index (χ1v) is 4.89. The molecule has 0 amide bonds. The summed E-state index contributed by atoms with van der Waals surface area (Å²) in [7, 11) is 0. The van der Waals surface area contributed by atoms with Crippen molar-refractivity contribution >= 4 is 11.4 Å². The molecule has 1 unspecified atom stereocenters. The minimum atomic E-state index is -2.43. The molecule has 0 aromatic heterocycles. The summed E-state index contributed by atoms with van der Waals surface area (Å²) in [4.78, 5) is 0. The fourth-order valence-corrected chi connectivity index (χ4v) is 1.40. The van der Waals surface area contributed by atoms with Crippen molar-refractivity contribution < 1.29 is 12.9 Å².